The summed E-state index contributed by atoms with van der Waals surface area (Å²) in [6, 6.07) is 15.6. The third-order valence-corrected chi connectivity index (χ3v) is 6.59. The molecule has 6 heteroatoms. The molecule has 0 unspecified atom stereocenters. The second-order valence-electron chi connectivity index (χ2n) is 8.73. The van der Waals surface area contributed by atoms with Crippen molar-refractivity contribution in [3.8, 4) is 5.75 Å². The Bertz CT molecular complexity index is 1350. The zero-order chi connectivity index (χ0) is 23.8. The number of furan rings is 1. The maximum atomic E-state index is 13.1. The first-order chi connectivity index (χ1) is 16.5. The summed E-state index contributed by atoms with van der Waals surface area (Å²) in [5.74, 6) is 0.195. The van der Waals surface area contributed by atoms with Crippen LogP contribution < -0.4 is 0 Å². The molecule has 1 aromatic heterocycles. The number of nitrogens with zero attached hydrogens (tertiary/aromatic N) is 1. The minimum absolute atomic E-state index is 0.159. The summed E-state index contributed by atoms with van der Waals surface area (Å²) in [5, 5.41) is 13.8. The summed E-state index contributed by atoms with van der Waals surface area (Å²) in [6.45, 7) is 8.49. The summed E-state index contributed by atoms with van der Waals surface area (Å²) < 4.78 is 17.3. The minimum Gasteiger partial charge on any atom is -0.507 e. The van der Waals surface area contributed by atoms with Crippen molar-refractivity contribution >= 4 is 27.7 Å². The Balaban J connectivity index is 1.89. The van der Waals surface area contributed by atoms with Crippen molar-refractivity contribution in [3.05, 3.63) is 76.5 Å². The van der Waals surface area contributed by atoms with E-state index in [9.17, 15) is 9.90 Å². The van der Waals surface area contributed by atoms with Crippen LogP contribution in [0.4, 0.5) is 0 Å². The molecule has 1 atom stereocenters. The number of morpholine rings is 1. The highest BCUT2D eigenvalue weighted by molar-refractivity contribution is 6.16. The van der Waals surface area contributed by atoms with Gasteiger partial charge < -0.3 is 19.0 Å². The number of ether oxygens (including phenoxy) is 2. The molecular weight excluding hydrogens is 430 g/mol. The second kappa shape index (κ2) is 9.12. The van der Waals surface area contributed by atoms with Gasteiger partial charge in [-0.2, -0.15) is 0 Å². The van der Waals surface area contributed by atoms with Gasteiger partial charge in [-0.1, -0.05) is 54.1 Å². The average molecular weight is 460 g/mol. The fraction of sp³-hybridized carbons (Fsp3) is 0.321. The highest BCUT2D eigenvalue weighted by Gasteiger charge is 2.34. The first-order valence-electron chi connectivity index (χ1n) is 11.7. The number of aryl methyl sites for hydroxylation is 2. The molecule has 0 aliphatic carbocycles. The van der Waals surface area contributed by atoms with Crippen molar-refractivity contribution in [2.75, 3.05) is 32.9 Å². The molecule has 0 amide bonds. The van der Waals surface area contributed by atoms with Crippen molar-refractivity contribution in [2.24, 2.45) is 0 Å². The molecule has 3 aromatic carbocycles. The van der Waals surface area contributed by atoms with Crippen molar-refractivity contribution in [2.45, 2.75) is 26.8 Å². The molecule has 34 heavy (non-hydrogen) atoms. The molecule has 1 saturated heterocycles. The molecule has 2 heterocycles. The highest BCUT2D eigenvalue weighted by atomic mass is 16.5. The predicted octanol–water partition coefficient (Wildman–Crippen LogP) is 5.51. The van der Waals surface area contributed by atoms with E-state index < -0.39 is 5.97 Å². The predicted molar refractivity (Wildman–Crippen MR) is 131 cm³/mol. The lowest BCUT2D eigenvalue weighted by molar-refractivity contribution is 0.0238. The molecule has 5 rings (SSSR count). The van der Waals surface area contributed by atoms with Crippen LogP contribution in [0.5, 0.6) is 5.75 Å². The lowest BCUT2D eigenvalue weighted by Gasteiger charge is -2.36. The van der Waals surface area contributed by atoms with E-state index in [-0.39, 0.29) is 18.4 Å². The van der Waals surface area contributed by atoms with Crippen LogP contribution in [0.25, 0.3) is 21.7 Å². The van der Waals surface area contributed by atoms with Crippen molar-refractivity contribution in [1.82, 2.24) is 4.90 Å². The van der Waals surface area contributed by atoms with E-state index in [1.165, 1.54) is 0 Å². The topological polar surface area (TPSA) is 72.1 Å². The minimum atomic E-state index is -0.445. The van der Waals surface area contributed by atoms with Crippen LogP contribution in [0.3, 0.4) is 0 Å². The normalized spacial score (nSPS) is 15.6. The Morgan fingerprint density at radius 3 is 2.41 bits per heavy atom. The van der Waals surface area contributed by atoms with Crippen LogP contribution in [-0.4, -0.2) is 48.9 Å². The number of hydrogen-bond donors (Lipinski definition) is 1. The Morgan fingerprint density at radius 1 is 1.06 bits per heavy atom. The zero-order valence-corrected chi connectivity index (χ0v) is 19.8. The van der Waals surface area contributed by atoms with E-state index >= 15 is 0 Å². The number of rotatable bonds is 5. The first kappa shape index (κ1) is 22.4. The third kappa shape index (κ3) is 3.73. The SMILES string of the molecule is CCOC(=O)c1c(C)oc2c1c([C@H](c1ccc(C)cc1)N1CCOCC1)c(O)c1ccccc12. The van der Waals surface area contributed by atoms with Gasteiger partial charge in [0.15, 0.2) is 0 Å². The van der Waals surface area contributed by atoms with E-state index in [0.717, 1.165) is 16.5 Å². The number of phenols is 1. The number of fused-ring (bicyclic) bond motifs is 3. The van der Waals surface area contributed by atoms with Gasteiger partial charge in [-0.3, -0.25) is 4.90 Å². The zero-order valence-electron chi connectivity index (χ0n) is 19.8. The smallest absolute Gasteiger partial charge is 0.342 e. The van der Waals surface area contributed by atoms with Gasteiger partial charge in [0.25, 0.3) is 0 Å². The summed E-state index contributed by atoms with van der Waals surface area (Å²) in [6.07, 6.45) is 0. The van der Waals surface area contributed by atoms with Gasteiger partial charge in [-0.15, -0.1) is 0 Å². The first-order valence-corrected chi connectivity index (χ1v) is 11.7. The molecule has 4 aromatic rings. The summed E-state index contributed by atoms with van der Waals surface area (Å²) >= 11 is 0. The maximum absolute atomic E-state index is 13.1. The fourth-order valence-corrected chi connectivity index (χ4v) is 5.00. The summed E-state index contributed by atoms with van der Waals surface area (Å²) in [7, 11) is 0. The van der Waals surface area contributed by atoms with E-state index in [0.29, 0.717) is 59.5 Å². The van der Waals surface area contributed by atoms with Gasteiger partial charge in [-0.25, -0.2) is 4.79 Å². The molecule has 0 spiro atoms. The standard InChI is InChI=1S/C28H29NO5/c1-4-33-28(31)22-18(3)34-27-21-8-6-5-7-20(21)26(30)24(23(22)27)25(29-13-15-32-16-14-29)19-11-9-17(2)10-12-19/h5-12,25,30H,4,13-16H2,1-3H3/t25-/m0/s1. The number of carbonyl (C=O) groups is 1. The molecule has 1 N–H and O–H groups in total. The quantitative estimate of drug-likeness (QED) is 0.397. The van der Waals surface area contributed by atoms with Gasteiger partial charge in [0.1, 0.15) is 22.7 Å². The van der Waals surface area contributed by atoms with Crippen LogP contribution in [-0.2, 0) is 9.47 Å². The number of benzene rings is 3. The molecular formula is C28H29NO5. The molecule has 1 aliphatic rings. The second-order valence-corrected chi connectivity index (χ2v) is 8.73. The van der Waals surface area contributed by atoms with Gasteiger partial charge >= 0.3 is 5.97 Å². The lowest BCUT2D eigenvalue weighted by Crippen LogP contribution is -2.39. The molecule has 1 aliphatic heterocycles. The lowest BCUT2D eigenvalue weighted by atomic mass is 9.88. The van der Waals surface area contributed by atoms with E-state index in [1.54, 1.807) is 13.8 Å². The Kier molecular flexibility index (Phi) is 6.02. The Labute approximate surface area is 198 Å². The van der Waals surface area contributed by atoms with E-state index in [2.05, 4.69) is 36.1 Å². The van der Waals surface area contributed by atoms with Crippen LogP contribution in [0.1, 0.15) is 45.8 Å². The molecule has 1 fully saturated rings. The van der Waals surface area contributed by atoms with Gasteiger partial charge in [-0.05, 0) is 26.3 Å². The number of hydrogen-bond acceptors (Lipinski definition) is 6. The highest BCUT2D eigenvalue weighted by Crippen LogP contribution is 2.47. The fourth-order valence-electron chi connectivity index (χ4n) is 5.00. The number of phenolic OH excluding ortho intramolecular Hbond substituents is 1. The van der Waals surface area contributed by atoms with Gasteiger partial charge in [0, 0.05) is 34.8 Å². The van der Waals surface area contributed by atoms with Crippen molar-refractivity contribution in [3.63, 3.8) is 0 Å². The molecule has 0 bridgehead atoms. The van der Waals surface area contributed by atoms with Crippen molar-refractivity contribution in [1.29, 1.82) is 0 Å². The molecule has 0 radical (unpaired) electrons. The maximum Gasteiger partial charge on any atom is 0.342 e. The average Bonchev–Trinajstić information content (AvgIpc) is 3.20. The van der Waals surface area contributed by atoms with Gasteiger partial charge in [0.2, 0.25) is 0 Å². The summed E-state index contributed by atoms with van der Waals surface area (Å²) in [5.41, 5.74) is 3.82. The van der Waals surface area contributed by atoms with Crippen LogP contribution in [0.2, 0.25) is 0 Å². The molecule has 176 valence electrons. The van der Waals surface area contributed by atoms with Crippen molar-refractivity contribution < 1.29 is 23.8 Å². The van der Waals surface area contributed by atoms with Crippen LogP contribution in [0, 0.1) is 13.8 Å². The summed E-state index contributed by atoms with van der Waals surface area (Å²) in [4.78, 5) is 15.4. The largest absolute Gasteiger partial charge is 0.507 e. The van der Waals surface area contributed by atoms with Gasteiger partial charge in [0.05, 0.1) is 25.9 Å². The number of esters is 1. The Morgan fingerprint density at radius 2 is 1.74 bits per heavy atom. The molecule has 6 nitrogen and oxygen atoms in total. The third-order valence-electron chi connectivity index (χ3n) is 6.59. The monoisotopic (exact) mass is 459 g/mol. The number of carbonyl (C=O) groups excluding carboxylic acids is 1. The number of aromatic hydroxyl groups is 1. The van der Waals surface area contributed by atoms with E-state index in [1.807, 2.05) is 24.3 Å². The van der Waals surface area contributed by atoms with Crippen LogP contribution in [0.15, 0.2) is 52.9 Å². The van der Waals surface area contributed by atoms with E-state index in [4.69, 9.17) is 13.9 Å². The molecule has 0 saturated carbocycles. The van der Waals surface area contributed by atoms with Crippen LogP contribution >= 0.6 is 0 Å². The Hall–Kier alpha value is -3.35.